The summed E-state index contributed by atoms with van der Waals surface area (Å²) < 4.78 is 10.7. The van der Waals surface area contributed by atoms with Crippen molar-refractivity contribution < 1.29 is 23.9 Å². The Kier molecular flexibility index (Phi) is 9.17. The van der Waals surface area contributed by atoms with Crippen LogP contribution in [0.2, 0.25) is 0 Å². The van der Waals surface area contributed by atoms with Crippen molar-refractivity contribution >= 4 is 23.7 Å². The van der Waals surface area contributed by atoms with E-state index in [0.29, 0.717) is 37.9 Å². The highest BCUT2D eigenvalue weighted by atomic mass is 16.5. The molecule has 2 aliphatic carbocycles. The number of nitrogens with one attached hydrogen (secondary N) is 1. The van der Waals surface area contributed by atoms with Gasteiger partial charge in [-0.3, -0.25) is 14.4 Å². The standard InChI is InChI=1S/C33H39N3O5/c1-2-40-32(39)33(19-20-33)18-8-9-21-34-30(38)29(25-10-6-7-11-25)26-16-14-24(15-17-26)22-36-28(37)23-41-31(35-36)27-12-4-3-5-13-27/h3-5,8,12-18,25,29H,2,6-7,9-11,19-23H2,1H3,(H,34,38)/b18-8+. The molecule has 2 aromatic carbocycles. The van der Waals surface area contributed by atoms with Crippen LogP contribution in [0.5, 0.6) is 0 Å². The highest BCUT2D eigenvalue weighted by Gasteiger charge is 2.48. The summed E-state index contributed by atoms with van der Waals surface area (Å²) in [5.74, 6) is 0.242. The third kappa shape index (κ3) is 7.04. The minimum Gasteiger partial charge on any atom is -0.466 e. The number of rotatable bonds is 12. The Labute approximate surface area is 241 Å². The molecule has 8 nitrogen and oxygen atoms in total. The van der Waals surface area contributed by atoms with E-state index in [4.69, 9.17) is 9.47 Å². The first-order valence-corrected chi connectivity index (χ1v) is 14.8. The molecular formula is C33H39N3O5. The summed E-state index contributed by atoms with van der Waals surface area (Å²) in [6.45, 7) is 3.02. The Balaban J connectivity index is 1.20. The van der Waals surface area contributed by atoms with Gasteiger partial charge in [0.15, 0.2) is 6.61 Å². The van der Waals surface area contributed by atoms with E-state index in [-0.39, 0.29) is 30.3 Å². The van der Waals surface area contributed by atoms with Gasteiger partial charge in [0.25, 0.3) is 5.91 Å². The SMILES string of the molecule is CCOC(=O)C1(/C=C/CCNC(=O)C(c2ccc(CN3N=C(c4ccccc4)OCC3=O)cc2)C2CCCC2)CC1. The van der Waals surface area contributed by atoms with Gasteiger partial charge < -0.3 is 14.8 Å². The molecule has 0 radical (unpaired) electrons. The molecule has 2 amide bonds. The lowest BCUT2D eigenvalue weighted by atomic mass is 9.83. The number of benzene rings is 2. The highest BCUT2D eigenvalue weighted by Crippen LogP contribution is 2.48. The molecule has 1 heterocycles. The number of carbonyl (C=O) groups is 3. The van der Waals surface area contributed by atoms with Crippen LogP contribution in [0, 0.1) is 11.3 Å². The number of hydrogen-bond donors (Lipinski definition) is 1. The van der Waals surface area contributed by atoms with Crippen molar-refractivity contribution in [2.24, 2.45) is 16.4 Å². The second-order valence-corrected chi connectivity index (χ2v) is 11.1. The topological polar surface area (TPSA) is 97.3 Å². The predicted molar refractivity (Wildman–Crippen MR) is 156 cm³/mol. The van der Waals surface area contributed by atoms with E-state index in [1.807, 2.05) is 73.7 Å². The Morgan fingerprint density at radius 3 is 2.54 bits per heavy atom. The van der Waals surface area contributed by atoms with Crippen LogP contribution in [-0.2, 0) is 30.4 Å². The minimum absolute atomic E-state index is 0.0463. The molecule has 5 rings (SSSR count). The van der Waals surface area contributed by atoms with Gasteiger partial charge in [-0.1, -0.05) is 67.5 Å². The average molecular weight is 558 g/mol. The van der Waals surface area contributed by atoms with Gasteiger partial charge in [0, 0.05) is 12.1 Å². The number of ether oxygens (including phenoxy) is 2. The monoisotopic (exact) mass is 557 g/mol. The van der Waals surface area contributed by atoms with Crippen molar-refractivity contribution in [1.29, 1.82) is 0 Å². The van der Waals surface area contributed by atoms with E-state index in [2.05, 4.69) is 10.4 Å². The van der Waals surface area contributed by atoms with Crippen molar-refractivity contribution in [2.45, 2.75) is 64.3 Å². The number of esters is 1. The summed E-state index contributed by atoms with van der Waals surface area (Å²) in [6, 6.07) is 17.5. The molecule has 2 aromatic rings. The molecule has 0 spiro atoms. The van der Waals surface area contributed by atoms with E-state index in [0.717, 1.165) is 55.2 Å². The second-order valence-electron chi connectivity index (χ2n) is 11.1. The summed E-state index contributed by atoms with van der Waals surface area (Å²) in [7, 11) is 0. The molecule has 41 heavy (non-hydrogen) atoms. The Morgan fingerprint density at radius 1 is 1.12 bits per heavy atom. The molecule has 2 saturated carbocycles. The van der Waals surface area contributed by atoms with Gasteiger partial charge in [-0.05, 0) is 68.2 Å². The number of carbonyl (C=O) groups excluding carboxylic acids is 3. The summed E-state index contributed by atoms with van der Waals surface area (Å²) in [6.07, 6.45) is 10.6. The maximum Gasteiger partial charge on any atom is 0.315 e. The van der Waals surface area contributed by atoms with Crippen LogP contribution in [0.25, 0.3) is 0 Å². The van der Waals surface area contributed by atoms with Crippen molar-refractivity contribution in [3.8, 4) is 0 Å². The zero-order chi connectivity index (χ0) is 28.7. The highest BCUT2D eigenvalue weighted by molar-refractivity contribution is 5.97. The van der Waals surface area contributed by atoms with Gasteiger partial charge in [0.05, 0.1) is 24.5 Å². The third-order valence-electron chi connectivity index (χ3n) is 8.20. The smallest absolute Gasteiger partial charge is 0.315 e. The van der Waals surface area contributed by atoms with E-state index in [1.165, 1.54) is 5.01 Å². The van der Waals surface area contributed by atoms with E-state index in [9.17, 15) is 14.4 Å². The molecular weight excluding hydrogens is 518 g/mol. The van der Waals surface area contributed by atoms with E-state index >= 15 is 0 Å². The Hall–Kier alpha value is -3.94. The molecule has 216 valence electrons. The molecule has 8 heteroatoms. The lowest BCUT2D eigenvalue weighted by Crippen LogP contribution is -2.36. The zero-order valence-electron chi connectivity index (χ0n) is 23.7. The van der Waals surface area contributed by atoms with Crippen LogP contribution in [0.1, 0.15) is 74.5 Å². The number of amides is 2. The van der Waals surface area contributed by atoms with Gasteiger partial charge >= 0.3 is 5.97 Å². The summed E-state index contributed by atoms with van der Waals surface area (Å²) in [4.78, 5) is 38.1. The zero-order valence-corrected chi connectivity index (χ0v) is 23.7. The van der Waals surface area contributed by atoms with Gasteiger partial charge in [-0.25, -0.2) is 5.01 Å². The fourth-order valence-electron chi connectivity index (χ4n) is 5.72. The van der Waals surface area contributed by atoms with Crippen molar-refractivity contribution in [1.82, 2.24) is 10.3 Å². The van der Waals surface area contributed by atoms with Crippen LogP contribution < -0.4 is 5.32 Å². The third-order valence-corrected chi connectivity index (χ3v) is 8.20. The molecule has 3 aliphatic rings. The molecule has 0 bridgehead atoms. The van der Waals surface area contributed by atoms with Crippen LogP contribution >= 0.6 is 0 Å². The maximum atomic E-state index is 13.4. The quantitative estimate of drug-likeness (QED) is 0.223. The lowest BCUT2D eigenvalue weighted by Gasteiger charge is -2.25. The normalized spacial score (nSPS) is 19.0. The molecule has 1 N–H and O–H groups in total. The van der Waals surface area contributed by atoms with Gasteiger partial charge in [-0.15, -0.1) is 5.10 Å². The molecule has 0 aromatic heterocycles. The number of hydrazone groups is 1. The van der Waals surface area contributed by atoms with Crippen LogP contribution in [0.15, 0.2) is 71.9 Å². The summed E-state index contributed by atoms with van der Waals surface area (Å²) >= 11 is 0. The largest absolute Gasteiger partial charge is 0.466 e. The maximum absolute atomic E-state index is 13.4. The average Bonchev–Trinajstić information content (AvgIpc) is 3.60. The second kappa shape index (κ2) is 13.1. The lowest BCUT2D eigenvalue weighted by molar-refractivity contribution is -0.147. The van der Waals surface area contributed by atoms with Crippen molar-refractivity contribution in [3.05, 3.63) is 83.4 Å². The summed E-state index contributed by atoms with van der Waals surface area (Å²) in [5.41, 5.74) is 2.31. The number of hydrogen-bond acceptors (Lipinski definition) is 6. The first kappa shape index (κ1) is 28.6. The van der Waals surface area contributed by atoms with Gasteiger partial charge in [-0.2, -0.15) is 0 Å². The van der Waals surface area contributed by atoms with Gasteiger partial charge in [0.1, 0.15) is 0 Å². The molecule has 1 aliphatic heterocycles. The number of nitrogens with zero attached hydrogens (tertiary/aromatic N) is 2. The van der Waals surface area contributed by atoms with Gasteiger partial charge in [0.2, 0.25) is 11.8 Å². The first-order chi connectivity index (χ1) is 20.0. The van der Waals surface area contributed by atoms with Crippen LogP contribution in [0.3, 0.4) is 0 Å². The van der Waals surface area contributed by atoms with Crippen molar-refractivity contribution in [3.63, 3.8) is 0 Å². The van der Waals surface area contributed by atoms with Crippen molar-refractivity contribution in [2.75, 3.05) is 19.8 Å². The van der Waals surface area contributed by atoms with E-state index < -0.39 is 5.41 Å². The molecule has 0 saturated heterocycles. The van der Waals surface area contributed by atoms with Crippen LogP contribution in [-0.4, -0.2) is 48.4 Å². The Morgan fingerprint density at radius 2 is 1.85 bits per heavy atom. The minimum atomic E-state index is -0.450. The molecule has 1 unspecified atom stereocenters. The predicted octanol–water partition coefficient (Wildman–Crippen LogP) is 5.09. The molecule has 2 fully saturated rings. The van der Waals surface area contributed by atoms with E-state index in [1.54, 1.807) is 0 Å². The fourth-order valence-corrected chi connectivity index (χ4v) is 5.72. The first-order valence-electron chi connectivity index (χ1n) is 14.8. The fraction of sp³-hybridized carbons (Fsp3) is 0.455. The summed E-state index contributed by atoms with van der Waals surface area (Å²) in [5, 5.41) is 9.03. The Bertz CT molecular complexity index is 1280. The molecule has 1 atom stereocenters. The van der Waals surface area contributed by atoms with Crippen LogP contribution in [0.4, 0.5) is 0 Å².